The first-order chi connectivity index (χ1) is 11.7. The van der Waals surface area contributed by atoms with Crippen LogP contribution in [0.25, 0.3) is 16.9 Å². The third-order valence-corrected chi connectivity index (χ3v) is 3.23. The molecule has 3 rings (SSSR count). The van der Waals surface area contributed by atoms with Crippen LogP contribution in [0.2, 0.25) is 0 Å². The van der Waals surface area contributed by atoms with E-state index in [1.165, 1.54) is 19.3 Å². The fourth-order valence-corrected chi connectivity index (χ4v) is 2.12. The van der Waals surface area contributed by atoms with Crippen LogP contribution in [0.1, 0.15) is 0 Å². The van der Waals surface area contributed by atoms with E-state index >= 15 is 0 Å². The van der Waals surface area contributed by atoms with Gasteiger partial charge in [0, 0.05) is 24.9 Å². The first kappa shape index (κ1) is 15.7. The van der Waals surface area contributed by atoms with Crippen molar-refractivity contribution in [3.63, 3.8) is 0 Å². The molecule has 0 fully saturated rings. The number of rotatable bonds is 5. The van der Waals surface area contributed by atoms with Crippen molar-refractivity contribution in [2.45, 2.75) is 0 Å². The Morgan fingerprint density at radius 1 is 1.33 bits per heavy atom. The summed E-state index contributed by atoms with van der Waals surface area (Å²) in [4.78, 5) is 18.8. The molecule has 124 valence electrons. The molecule has 2 N–H and O–H groups in total. The van der Waals surface area contributed by atoms with Crippen molar-refractivity contribution in [3.8, 4) is 11.3 Å². The zero-order chi connectivity index (χ0) is 16.9. The summed E-state index contributed by atoms with van der Waals surface area (Å²) in [6.07, 6.45) is 2.52. The molecule has 0 bridgehead atoms. The van der Waals surface area contributed by atoms with E-state index < -0.39 is 12.0 Å². The molecule has 3 aromatic rings. The largest absolute Gasteiger partial charge is 0.448 e. The molecular formula is C15H15FN6O2. The maximum Gasteiger partial charge on any atom is 0.406 e. The van der Waals surface area contributed by atoms with Crippen LogP contribution in [0.5, 0.6) is 0 Å². The molecule has 0 aliphatic carbocycles. The number of carbonyl (C=O) groups is 1. The van der Waals surface area contributed by atoms with Crippen molar-refractivity contribution < 1.29 is 13.9 Å². The van der Waals surface area contributed by atoms with Gasteiger partial charge in [0.2, 0.25) is 5.95 Å². The molecule has 24 heavy (non-hydrogen) atoms. The fourth-order valence-electron chi connectivity index (χ4n) is 2.12. The predicted molar refractivity (Wildman–Crippen MR) is 85.1 cm³/mol. The number of amides is 1. The van der Waals surface area contributed by atoms with Crippen LogP contribution >= 0.6 is 0 Å². The molecule has 0 aromatic carbocycles. The standard InChI is InChI=1S/C15H15FN6O2/c1-17-15(23)24-7-6-19-13-2-3-14-20-9-11(22(14)21-13)10-4-5-18-12(16)8-10/h2-5,8-9H,6-7H2,1H3,(H,17,23)(H,19,21). The summed E-state index contributed by atoms with van der Waals surface area (Å²) in [5.74, 6) is 0.0138. The molecule has 9 heteroatoms. The monoisotopic (exact) mass is 330 g/mol. The number of anilines is 1. The number of alkyl carbamates (subject to hydrolysis) is 1. The molecule has 0 atom stereocenters. The van der Waals surface area contributed by atoms with Crippen molar-refractivity contribution in [2.75, 3.05) is 25.5 Å². The van der Waals surface area contributed by atoms with Crippen molar-refractivity contribution in [3.05, 3.63) is 42.6 Å². The van der Waals surface area contributed by atoms with Gasteiger partial charge >= 0.3 is 6.09 Å². The Balaban J connectivity index is 1.77. The molecule has 0 saturated carbocycles. The van der Waals surface area contributed by atoms with Gasteiger partial charge in [-0.2, -0.15) is 4.39 Å². The van der Waals surface area contributed by atoms with E-state index in [2.05, 4.69) is 25.7 Å². The van der Waals surface area contributed by atoms with Crippen LogP contribution in [0, 0.1) is 5.95 Å². The van der Waals surface area contributed by atoms with Gasteiger partial charge in [-0.25, -0.2) is 19.3 Å². The van der Waals surface area contributed by atoms with Crippen LogP contribution in [0.3, 0.4) is 0 Å². The second-order valence-corrected chi connectivity index (χ2v) is 4.81. The van der Waals surface area contributed by atoms with Gasteiger partial charge in [-0.1, -0.05) is 0 Å². The van der Waals surface area contributed by atoms with Gasteiger partial charge in [0.05, 0.1) is 18.4 Å². The Morgan fingerprint density at radius 2 is 2.21 bits per heavy atom. The van der Waals surface area contributed by atoms with Crippen molar-refractivity contribution in [2.24, 2.45) is 0 Å². The van der Waals surface area contributed by atoms with Gasteiger partial charge in [0.25, 0.3) is 0 Å². The van der Waals surface area contributed by atoms with Gasteiger partial charge in [0.1, 0.15) is 12.4 Å². The topological polar surface area (TPSA) is 93.4 Å². The molecule has 0 spiro atoms. The number of hydrogen-bond donors (Lipinski definition) is 2. The highest BCUT2D eigenvalue weighted by atomic mass is 19.1. The maximum atomic E-state index is 13.3. The zero-order valence-corrected chi connectivity index (χ0v) is 12.9. The number of fused-ring (bicyclic) bond motifs is 1. The quantitative estimate of drug-likeness (QED) is 0.546. The van der Waals surface area contributed by atoms with E-state index in [-0.39, 0.29) is 6.61 Å². The molecule has 0 unspecified atom stereocenters. The number of aromatic nitrogens is 4. The van der Waals surface area contributed by atoms with E-state index in [0.717, 1.165) is 0 Å². The van der Waals surface area contributed by atoms with Gasteiger partial charge in [-0.3, -0.25) is 0 Å². The second kappa shape index (κ2) is 6.90. The molecule has 8 nitrogen and oxygen atoms in total. The molecule has 1 amide bonds. The third kappa shape index (κ3) is 3.40. The van der Waals surface area contributed by atoms with Crippen LogP contribution in [0.15, 0.2) is 36.7 Å². The van der Waals surface area contributed by atoms with Crippen LogP contribution < -0.4 is 10.6 Å². The fraction of sp³-hybridized carbons (Fsp3) is 0.200. The summed E-state index contributed by atoms with van der Waals surface area (Å²) in [5.41, 5.74) is 1.91. The average molecular weight is 330 g/mol. The summed E-state index contributed by atoms with van der Waals surface area (Å²) in [6.45, 7) is 0.603. The van der Waals surface area contributed by atoms with E-state index in [1.54, 1.807) is 28.9 Å². The number of carbonyl (C=O) groups excluding carboxylic acids is 1. The van der Waals surface area contributed by atoms with Crippen molar-refractivity contribution in [1.82, 2.24) is 24.9 Å². The summed E-state index contributed by atoms with van der Waals surface area (Å²) in [7, 11) is 1.49. The third-order valence-electron chi connectivity index (χ3n) is 3.23. The lowest BCUT2D eigenvalue weighted by atomic mass is 10.2. The Kier molecular flexibility index (Phi) is 4.50. The molecule has 3 aromatic heterocycles. The highest BCUT2D eigenvalue weighted by Gasteiger charge is 2.09. The van der Waals surface area contributed by atoms with Gasteiger partial charge in [0.15, 0.2) is 5.65 Å². The summed E-state index contributed by atoms with van der Waals surface area (Å²) in [6, 6.07) is 6.56. The molecule has 0 saturated heterocycles. The second-order valence-electron chi connectivity index (χ2n) is 4.81. The van der Waals surface area contributed by atoms with E-state index in [9.17, 15) is 9.18 Å². The average Bonchev–Trinajstić information content (AvgIpc) is 3.01. The number of imidazole rings is 1. The molecular weight excluding hydrogens is 315 g/mol. The predicted octanol–water partition coefficient (Wildman–Crippen LogP) is 1.70. The number of hydrogen-bond acceptors (Lipinski definition) is 6. The highest BCUT2D eigenvalue weighted by Crippen LogP contribution is 2.20. The molecule has 0 aliphatic heterocycles. The summed E-state index contributed by atoms with van der Waals surface area (Å²) in [5, 5.41) is 9.83. The van der Waals surface area contributed by atoms with Crippen LogP contribution in [-0.4, -0.2) is 45.9 Å². The number of halogens is 1. The first-order valence-corrected chi connectivity index (χ1v) is 7.22. The molecule has 3 heterocycles. The number of ether oxygens (including phenoxy) is 1. The first-order valence-electron chi connectivity index (χ1n) is 7.22. The zero-order valence-electron chi connectivity index (χ0n) is 12.9. The number of nitrogens with zero attached hydrogens (tertiary/aromatic N) is 4. The molecule has 0 aliphatic rings. The number of pyridine rings is 1. The van der Waals surface area contributed by atoms with Crippen LogP contribution in [0.4, 0.5) is 15.0 Å². The Morgan fingerprint density at radius 3 is 3.00 bits per heavy atom. The van der Waals surface area contributed by atoms with Crippen molar-refractivity contribution >= 4 is 17.6 Å². The molecule has 0 radical (unpaired) electrons. The minimum atomic E-state index is -0.567. The van der Waals surface area contributed by atoms with Gasteiger partial charge in [-0.15, -0.1) is 5.10 Å². The Bertz CT molecular complexity index is 866. The lowest BCUT2D eigenvalue weighted by Gasteiger charge is -2.07. The lowest BCUT2D eigenvalue weighted by Crippen LogP contribution is -2.22. The van der Waals surface area contributed by atoms with Gasteiger partial charge in [-0.05, 0) is 18.2 Å². The summed E-state index contributed by atoms with van der Waals surface area (Å²) < 4.78 is 19.8. The Hall–Kier alpha value is -3.23. The highest BCUT2D eigenvalue weighted by molar-refractivity contribution is 5.66. The minimum Gasteiger partial charge on any atom is -0.448 e. The summed E-state index contributed by atoms with van der Waals surface area (Å²) >= 11 is 0. The smallest absolute Gasteiger partial charge is 0.406 e. The normalized spacial score (nSPS) is 10.6. The van der Waals surface area contributed by atoms with Gasteiger partial charge < -0.3 is 15.4 Å². The van der Waals surface area contributed by atoms with E-state index in [4.69, 9.17) is 4.74 Å². The van der Waals surface area contributed by atoms with E-state index in [0.29, 0.717) is 29.3 Å². The van der Waals surface area contributed by atoms with E-state index in [1.807, 2.05) is 0 Å². The lowest BCUT2D eigenvalue weighted by molar-refractivity contribution is 0.153. The maximum absolute atomic E-state index is 13.3. The van der Waals surface area contributed by atoms with Crippen LogP contribution in [-0.2, 0) is 4.74 Å². The number of nitrogens with one attached hydrogen (secondary N) is 2. The van der Waals surface area contributed by atoms with Crippen molar-refractivity contribution in [1.29, 1.82) is 0 Å². The SMILES string of the molecule is CNC(=O)OCCNc1ccc2ncc(-c3ccnc(F)c3)n2n1. The minimum absolute atomic E-state index is 0.200. The Labute approximate surface area is 136 Å².